The van der Waals surface area contributed by atoms with Crippen molar-refractivity contribution in [1.29, 1.82) is 0 Å². The zero-order valence-corrected chi connectivity index (χ0v) is 16.4. The van der Waals surface area contributed by atoms with Crippen molar-refractivity contribution in [2.24, 2.45) is 0 Å². The van der Waals surface area contributed by atoms with Gasteiger partial charge in [0.25, 0.3) is 0 Å². The summed E-state index contributed by atoms with van der Waals surface area (Å²) in [5.41, 5.74) is 6.70. The Morgan fingerprint density at radius 2 is 1.41 bits per heavy atom. The fraction of sp³-hybridized carbons (Fsp3) is 0.130. The van der Waals surface area contributed by atoms with E-state index in [0.717, 1.165) is 22.5 Å². The number of nitrogens with zero attached hydrogens (tertiary/aromatic N) is 1. The summed E-state index contributed by atoms with van der Waals surface area (Å²) in [6.07, 6.45) is 1.23. The molecule has 0 spiro atoms. The number of rotatable bonds is 3. The molecule has 1 heterocycles. The van der Waals surface area contributed by atoms with Gasteiger partial charge in [0.15, 0.2) is 9.84 Å². The number of sulfone groups is 1. The highest BCUT2D eigenvalue weighted by molar-refractivity contribution is 7.90. The van der Waals surface area contributed by atoms with Crippen LogP contribution < -0.4 is 0 Å². The minimum Gasteiger partial charge on any atom is -0.309 e. The van der Waals surface area contributed by atoms with Crippen LogP contribution in [-0.2, 0) is 9.84 Å². The van der Waals surface area contributed by atoms with E-state index in [2.05, 4.69) is 54.8 Å². The molecule has 0 amide bonds. The number of hydrogen-bond acceptors (Lipinski definition) is 2. The van der Waals surface area contributed by atoms with E-state index >= 15 is 0 Å². The van der Waals surface area contributed by atoms with Crippen LogP contribution in [0.2, 0.25) is 0 Å². The Morgan fingerprint density at radius 3 is 2.04 bits per heavy atom. The number of aromatic nitrogens is 1. The van der Waals surface area contributed by atoms with Crippen LogP contribution in [0.4, 0.5) is 0 Å². The monoisotopic (exact) mass is 375 g/mol. The predicted molar refractivity (Wildman–Crippen MR) is 111 cm³/mol. The van der Waals surface area contributed by atoms with Gasteiger partial charge in [-0.05, 0) is 55.3 Å². The molecule has 0 radical (unpaired) electrons. The Labute approximate surface area is 159 Å². The van der Waals surface area contributed by atoms with Gasteiger partial charge in [0.05, 0.1) is 16.1 Å². The van der Waals surface area contributed by atoms with E-state index < -0.39 is 9.84 Å². The van der Waals surface area contributed by atoms with Crippen molar-refractivity contribution in [2.45, 2.75) is 18.7 Å². The summed E-state index contributed by atoms with van der Waals surface area (Å²) in [6.45, 7) is 4.19. The smallest absolute Gasteiger partial charge is 0.175 e. The standard InChI is InChI=1S/C23H21NO2S/c1-16-8-12-19(13-9-16)24-22-7-5-4-6-21(22)17(2)23(24)18-10-14-20(15-11-18)27(3,25)26/h4-15H,1-3H3. The average Bonchev–Trinajstić information content (AvgIpc) is 2.95. The highest BCUT2D eigenvalue weighted by Crippen LogP contribution is 2.36. The van der Waals surface area contributed by atoms with Crippen molar-refractivity contribution in [3.63, 3.8) is 0 Å². The number of para-hydroxylation sites is 1. The number of benzene rings is 3. The summed E-state index contributed by atoms with van der Waals surface area (Å²) in [4.78, 5) is 0.335. The maximum atomic E-state index is 11.8. The van der Waals surface area contributed by atoms with E-state index in [1.807, 2.05) is 24.3 Å². The largest absolute Gasteiger partial charge is 0.309 e. The number of fused-ring (bicyclic) bond motifs is 1. The number of aryl methyl sites for hydroxylation is 2. The highest BCUT2D eigenvalue weighted by atomic mass is 32.2. The van der Waals surface area contributed by atoms with E-state index in [4.69, 9.17) is 0 Å². The third-order valence-corrected chi connectivity index (χ3v) is 6.10. The lowest BCUT2D eigenvalue weighted by atomic mass is 10.1. The molecule has 0 saturated carbocycles. The Bertz CT molecular complexity index is 1230. The molecule has 0 atom stereocenters. The Kier molecular flexibility index (Phi) is 4.16. The van der Waals surface area contributed by atoms with E-state index in [-0.39, 0.29) is 0 Å². The van der Waals surface area contributed by atoms with E-state index in [1.165, 1.54) is 22.8 Å². The Morgan fingerprint density at radius 1 is 0.778 bits per heavy atom. The fourth-order valence-corrected chi connectivity index (χ4v) is 4.20. The molecule has 4 rings (SSSR count). The molecule has 27 heavy (non-hydrogen) atoms. The van der Waals surface area contributed by atoms with Crippen LogP contribution in [0.1, 0.15) is 11.1 Å². The summed E-state index contributed by atoms with van der Waals surface area (Å²) in [7, 11) is -3.21. The molecule has 0 bridgehead atoms. The van der Waals surface area contributed by atoms with Gasteiger partial charge >= 0.3 is 0 Å². The third-order valence-electron chi connectivity index (χ3n) is 4.98. The van der Waals surface area contributed by atoms with E-state index in [1.54, 1.807) is 12.1 Å². The molecule has 3 nitrogen and oxygen atoms in total. The molecule has 4 heteroatoms. The molecule has 0 aliphatic carbocycles. The van der Waals surface area contributed by atoms with Gasteiger partial charge in [-0.25, -0.2) is 8.42 Å². The van der Waals surface area contributed by atoms with Crippen LogP contribution in [0.25, 0.3) is 27.8 Å². The molecule has 136 valence electrons. The van der Waals surface area contributed by atoms with Gasteiger partial charge in [-0.15, -0.1) is 0 Å². The maximum absolute atomic E-state index is 11.8. The van der Waals surface area contributed by atoms with Crippen LogP contribution in [0.3, 0.4) is 0 Å². The van der Waals surface area contributed by atoms with Crippen LogP contribution in [0.5, 0.6) is 0 Å². The lowest BCUT2D eigenvalue weighted by Gasteiger charge is -2.13. The van der Waals surface area contributed by atoms with Crippen molar-refractivity contribution in [3.05, 3.63) is 83.9 Å². The Hall–Kier alpha value is -2.85. The first-order valence-corrected chi connectivity index (χ1v) is 10.7. The van der Waals surface area contributed by atoms with Crippen LogP contribution >= 0.6 is 0 Å². The predicted octanol–water partition coefficient (Wildman–Crippen LogP) is 5.32. The summed E-state index contributed by atoms with van der Waals surface area (Å²) < 4.78 is 25.9. The van der Waals surface area contributed by atoms with Crippen LogP contribution in [-0.4, -0.2) is 19.2 Å². The second kappa shape index (κ2) is 6.39. The minimum atomic E-state index is -3.21. The Balaban J connectivity index is 2.01. The molecule has 0 aliphatic heterocycles. The molecular weight excluding hydrogens is 354 g/mol. The van der Waals surface area contributed by atoms with Gasteiger partial charge in [-0.2, -0.15) is 0 Å². The normalized spacial score (nSPS) is 11.8. The molecule has 0 aliphatic rings. The lowest BCUT2D eigenvalue weighted by Crippen LogP contribution is -1.99. The molecule has 3 aromatic carbocycles. The topological polar surface area (TPSA) is 39.1 Å². The summed E-state index contributed by atoms with van der Waals surface area (Å²) in [5, 5.41) is 1.19. The molecule has 0 unspecified atom stereocenters. The molecule has 0 saturated heterocycles. The first-order valence-electron chi connectivity index (χ1n) is 8.84. The van der Waals surface area contributed by atoms with Crippen molar-refractivity contribution in [3.8, 4) is 16.9 Å². The van der Waals surface area contributed by atoms with Gasteiger partial charge in [0, 0.05) is 17.3 Å². The second-order valence-corrected chi connectivity index (χ2v) is 8.97. The first-order chi connectivity index (χ1) is 12.9. The summed E-state index contributed by atoms with van der Waals surface area (Å²) >= 11 is 0. The van der Waals surface area contributed by atoms with Gasteiger partial charge in [0.2, 0.25) is 0 Å². The molecule has 1 aromatic heterocycles. The fourth-order valence-electron chi connectivity index (χ4n) is 3.57. The molecule has 0 fully saturated rings. The minimum absolute atomic E-state index is 0.335. The average molecular weight is 375 g/mol. The second-order valence-electron chi connectivity index (χ2n) is 6.96. The lowest BCUT2D eigenvalue weighted by molar-refractivity contribution is 0.602. The van der Waals surface area contributed by atoms with Gasteiger partial charge < -0.3 is 4.57 Å². The van der Waals surface area contributed by atoms with Crippen molar-refractivity contribution in [1.82, 2.24) is 4.57 Å². The molecular formula is C23H21NO2S. The highest BCUT2D eigenvalue weighted by Gasteiger charge is 2.17. The van der Waals surface area contributed by atoms with Crippen molar-refractivity contribution >= 4 is 20.7 Å². The summed E-state index contributed by atoms with van der Waals surface area (Å²) in [5.74, 6) is 0. The van der Waals surface area contributed by atoms with Crippen LogP contribution in [0.15, 0.2) is 77.7 Å². The number of hydrogen-bond donors (Lipinski definition) is 0. The van der Waals surface area contributed by atoms with E-state index in [9.17, 15) is 8.42 Å². The van der Waals surface area contributed by atoms with Crippen molar-refractivity contribution < 1.29 is 8.42 Å². The van der Waals surface area contributed by atoms with Gasteiger partial charge in [0.1, 0.15) is 0 Å². The first kappa shape index (κ1) is 17.6. The maximum Gasteiger partial charge on any atom is 0.175 e. The van der Waals surface area contributed by atoms with Gasteiger partial charge in [-0.1, -0.05) is 48.0 Å². The molecule has 0 N–H and O–H groups in total. The van der Waals surface area contributed by atoms with E-state index in [0.29, 0.717) is 4.90 Å². The van der Waals surface area contributed by atoms with Crippen LogP contribution in [0, 0.1) is 13.8 Å². The SMILES string of the molecule is Cc1ccc(-n2c(-c3ccc(S(C)(=O)=O)cc3)c(C)c3ccccc32)cc1. The zero-order valence-electron chi connectivity index (χ0n) is 15.6. The summed E-state index contributed by atoms with van der Waals surface area (Å²) in [6, 6.07) is 23.9. The molecule has 4 aromatic rings. The third kappa shape index (κ3) is 3.06. The van der Waals surface area contributed by atoms with Gasteiger partial charge in [-0.3, -0.25) is 0 Å². The quantitative estimate of drug-likeness (QED) is 0.486. The zero-order chi connectivity index (χ0) is 19.2. The van der Waals surface area contributed by atoms with Crippen molar-refractivity contribution in [2.75, 3.05) is 6.26 Å².